The molecule has 22 heavy (non-hydrogen) atoms. The van der Waals surface area contributed by atoms with Crippen LogP contribution in [-0.4, -0.2) is 23.8 Å². The van der Waals surface area contributed by atoms with Gasteiger partial charge in [0.1, 0.15) is 4.88 Å². The van der Waals surface area contributed by atoms with Crippen LogP contribution in [0.15, 0.2) is 30.5 Å². The number of nitrogens with one attached hydrogen (secondary N) is 2. The number of nitrogens with zero attached hydrogens (tertiary/aromatic N) is 1. The maximum Gasteiger partial charge on any atom is 0.267 e. The minimum Gasteiger partial charge on any atom is -0.355 e. The number of hydrogen-bond donors (Lipinski definition) is 2. The van der Waals surface area contributed by atoms with Crippen molar-refractivity contribution in [2.75, 3.05) is 12.4 Å². The Bertz CT molecular complexity index is 684. The fourth-order valence-corrected chi connectivity index (χ4v) is 2.64. The summed E-state index contributed by atoms with van der Waals surface area (Å²) in [5.41, 5.74) is 1.12. The molecule has 2 aromatic rings. The third-order valence-corrected chi connectivity index (χ3v) is 4.42. The average Bonchev–Trinajstić information content (AvgIpc) is 2.97. The molecule has 116 valence electrons. The van der Waals surface area contributed by atoms with Gasteiger partial charge in [0.25, 0.3) is 11.8 Å². The van der Waals surface area contributed by atoms with E-state index in [1.165, 1.54) is 11.3 Å². The first-order valence-electron chi connectivity index (χ1n) is 6.91. The van der Waals surface area contributed by atoms with Crippen molar-refractivity contribution in [1.82, 2.24) is 10.3 Å². The summed E-state index contributed by atoms with van der Waals surface area (Å²) < 4.78 is 0. The van der Waals surface area contributed by atoms with Crippen molar-refractivity contribution in [3.8, 4) is 0 Å². The summed E-state index contributed by atoms with van der Waals surface area (Å²) in [4.78, 5) is 28.5. The second-order valence-electron chi connectivity index (χ2n) is 5.89. The Morgan fingerprint density at radius 3 is 2.23 bits per heavy atom. The molecule has 2 rings (SSSR count). The molecule has 0 aliphatic carbocycles. The van der Waals surface area contributed by atoms with Crippen LogP contribution in [0.5, 0.6) is 0 Å². The molecule has 0 saturated carbocycles. The summed E-state index contributed by atoms with van der Waals surface area (Å²) in [5, 5.41) is 6.28. The van der Waals surface area contributed by atoms with Gasteiger partial charge in [0.15, 0.2) is 0 Å². The van der Waals surface area contributed by atoms with Gasteiger partial charge < -0.3 is 10.6 Å². The van der Waals surface area contributed by atoms with E-state index in [9.17, 15) is 9.59 Å². The van der Waals surface area contributed by atoms with Gasteiger partial charge >= 0.3 is 0 Å². The number of thiazole rings is 1. The lowest BCUT2D eigenvalue weighted by Crippen LogP contribution is -2.17. The summed E-state index contributed by atoms with van der Waals surface area (Å²) in [7, 11) is 1.58. The lowest BCUT2D eigenvalue weighted by atomic mass is 9.98. The van der Waals surface area contributed by atoms with E-state index < -0.39 is 0 Å². The van der Waals surface area contributed by atoms with Gasteiger partial charge in [-0.05, 0) is 24.3 Å². The van der Waals surface area contributed by atoms with Crippen LogP contribution in [0, 0.1) is 0 Å². The Morgan fingerprint density at radius 1 is 1.09 bits per heavy atom. The van der Waals surface area contributed by atoms with Gasteiger partial charge in [0, 0.05) is 23.7 Å². The number of rotatable bonds is 3. The standard InChI is InChI=1S/C16H19N3O2S/c1-16(2,3)15-18-9-12(22-15)14(21)19-11-7-5-10(6-8-11)13(20)17-4/h5-9H,1-4H3,(H,17,20)(H,19,21). The maximum atomic E-state index is 12.2. The van der Waals surface area contributed by atoms with Crippen molar-refractivity contribution < 1.29 is 9.59 Å². The molecule has 0 fully saturated rings. The molecule has 0 saturated heterocycles. The van der Waals surface area contributed by atoms with Crippen LogP contribution in [0.4, 0.5) is 5.69 Å². The van der Waals surface area contributed by atoms with Gasteiger partial charge in [0.2, 0.25) is 0 Å². The van der Waals surface area contributed by atoms with Gasteiger partial charge in [-0.15, -0.1) is 11.3 Å². The van der Waals surface area contributed by atoms with Crippen LogP contribution in [-0.2, 0) is 5.41 Å². The van der Waals surface area contributed by atoms with Crippen molar-refractivity contribution in [1.29, 1.82) is 0 Å². The van der Waals surface area contributed by atoms with E-state index in [4.69, 9.17) is 0 Å². The Hall–Kier alpha value is -2.21. The Labute approximate surface area is 133 Å². The highest BCUT2D eigenvalue weighted by molar-refractivity contribution is 7.13. The molecule has 5 nitrogen and oxygen atoms in total. The SMILES string of the molecule is CNC(=O)c1ccc(NC(=O)c2cnc(C(C)(C)C)s2)cc1. The topological polar surface area (TPSA) is 71.1 Å². The van der Waals surface area contributed by atoms with Crippen LogP contribution in [0.3, 0.4) is 0 Å². The van der Waals surface area contributed by atoms with Crippen LogP contribution in [0.1, 0.15) is 45.8 Å². The number of anilines is 1. The number of benzene rings is 1. The van der Waals surface area contributed by atoms with Gasteiger partial charge in [-0.1, -0.05) is 20.8 Å². The molecule has 0 aliphatic heterocycles. The molecule has 0 spiro atoms. The van der Waals surface area contributed by atoms with Crippen molar-refractivity contribution in [3.63, 3.8) is 0 Å². The molecule has 0 unspecified atom stereocenters. The second kappa shape index (κ2) is 6.27. The number of amides is 2. The number of aromatic nitrogens is 1. The first-order chi connectivity index (χ1) is 10.3. The Kier molecular flexibility index (Phi) is 4.61. The molecular formula is C16H19N3O2S. The molecule has 6 heteroatoms. The fraction of sp³-hybridized carbons (Fsp3) is 0.312. The minimum atomic E-state index is -0.194. The number of carbonyl (C=O) groups is 2. The smallest absolute Gasteiger partial charge is 0.267 e. The number of hydrogen-bond acceptors (Lipinski definition) is 4. The van der Waals surface area contributed by atoms with Crippen LogP contribution >= 0.6 is 11.3 Å². The van der Waals surface area contributed by atoms with Crippen molar-refractivity contribution in [2.45, 2.75) is 26.2 Å². The molecule has 1 heterocycles. The average molecular weight is 317 g/mol. The van der Waals surface area contributed by atoms with Crippen molar-refractivity contribution in [3.05, 3.63) is 45.9 Å². The minimum absolute atomic E-state index is 0.0711. The number of carbonyl (C=O) groups excluding carboxylic acids is 2. The summed E-state index contributed by atoms with van der Waals surface area (Å²) >= 11 is 1.39. The first-order valence-corrected chi connectivity index (χ1v) is 7.72. The monoisotopic (exact) mass is 317 g/mol. The first kappa shape index (κ1) is 16.2. The lowest BCUT2D eigenvalue weighted by molar-refractivity contribution is 0.0962. The second-order valence-corrected chi connectivity index (χ2v) is 6.92. The lowest BCUT2D eigenvalue weighted by Gasteiger charge is -2.13. The summed E-state index contributed by atoms with van der Waals surface area (Å²) in [6, 6.07) is 6.74. The summed E-state index contributed by atoms with van der Waals surface area (Å²) in [6.07, 6.45) is 1.60. The van der Waals surface area contributed by atoms with E-state index in [0.717, 1.165) is 5.01 Å². The van der Waals surface area contributed by atoms with E-state index in [1.54, 1.807) is 37.5 Å². The van der Waals surface area contributed by atoms with Gasteiger partial charge in [-0.2, -0.15) is 0 Å². The predicted octanol–water partition coefficient (Wildman–Crippen LogP) is 3.05. The largest absolute Gasteiger partial charge is 0.355 e. The van der Waals surface area contributed by atoms with Gasteiger partial charge in [-0.3, -0.25) is 9.59 Å². The van der Waals surface area contributed by atoms with E-state index >= 15 is 0 Å². The zero-order chi connectivity index (χ0) is 16.3. The molecule has 0 atom stereocenters. The molecule has 1 aromatic heterocycles. The van der Waals surface area contributed by atoms with Crippen LogP contribution in [0.2, 0.25) is 0 Å². The zero-order valence-electron chi connectivity index (χ0n) is 13.1. The summed E-state index contributed by atoms with van der Waals surface area (Å²) in [6.45, 7) is 6.18. The van der Waals surface area contributed by atoms with Gasteiger partial charge in [0.05, 0.1) is 11.2 Å². The molecule has 0 radical (unpaired) electrons. The molecule has 2 N–H and O–H groups in total. The zero-order valence-corrected chi connectivity index (χ0v) is 13.9. The van der Waals surface area contributed by atoms with E-state index in [2.05, 4.69) is 36.4 Å². The molecule has 1 aromatic carbocycles. The van der Waals surface area contributed by atoms with Gasteiger partial charge in [-0.25, -0.2) is 4.98 Å². The summed E-state index contributed by atoms with van der Waals surface area (Å²) in [5.74, 6) is -0.351. The highest BCUT2D eigenvalue weighted by Gasteiger charge is 2.20. The Morgan fingerprint density at radius 2 is 1.73 bits per heavy atom. The molecule has 0 aliphatic rings. The van der Waals surface area contributed by atoms with Crippen molar-refractivity contribution in [2.24, 2.45) is 0 Å². The highest BCUT2D eigenvalue weighted by atomic mass is 32.1. The van der Waals surface area contributed by atoms with E-state index in [-0.39, 0.29) is 17.2 Å². The fourth-order valence-electron chi connectivity index (χ4n) is 1.77. The Balaban J connectivity index is 2.09. The van der Waals surface area contributed by atoms with Crippen LogP contribution in [0.25, 0.3) is 0 Å². The van der Waals surface area contributed by atoms with E-state index in [1.807, 2.05) is 0 Å². The normalized spacial score (nSPS) is 11.1. The quantitative estimate of drug-likeness (QED) is 0.914. The molecule has 0 bridgehead atoms. The predicted molar refractivity (Wildman–Crippen MR) is 88.6 cm³/mol. The highest BCUT2D eigenvalue weighted by Crippen LogP contribution is 2.27. The molecular weight excluding hydrogens is 298 g/mol. The van der Waals surface area contributed by atoms with Crippen LogP contribution < -0.4 is 10.6 Å². The maximum absolute atomic E-state index is 12.2. The molecule has 2 amide bonds. The third kappa shape index (κ3) is 3.71. The third-order valence-electron chi connectivity index (χ3n) is 3.00. The van der Waals surface area contributed by atoms with E-state index in [0.29, 0.717) is 16.1 Å². The van der Waals surface area contributed by atoms with Crippen molar-refractivity contribution >= 4 is 28.8 Å².